The van der Waals surface area contributed by atoms with Crippen molar-refractivity contribution in [2.24, 2.45) is 7.05 Å². The van der Waals surface area contributed by atoms with Crippen molar-refractivity contribution in [3.05, 3.63) is 63.6 Å². The van der Waals surface area contributed by atoms with Gasteiger partial charge in [0.15, 0.2) is 0 Å². The number of aromatic nitrogens is 3. The normalized spacial score (nSPS) is 11.4. The van der Waals surface area contributed by atoms with Crippen LogP contribution < -0.4 is 15.0 Å². The van der Waals surface area contributed by atoms with Crippen molar-refractivity contribution in [2.45, 2.75) is 20.8 Å². The highest BCUT2D eigenvalue weighted by Crippen LogP contribution is 2.29. The van der Waals surface area contributed by atoms with Gasteiger partial charge in [0.05, 0.1) is 18.1 Å². The fourth-order valence-corrected chi connectivity index (χ4v) is 4.05. The Balaban J connectivity index is 2.10. The minimum absolute atomic E-state index is 0.0177. The number of pyridine rings is 1. The SMILES string of the molecule is COCCS(=O)(=O)Nc1cc(-c2cc(C)c(=O)n(C)c2)nc(Oc2c(C)cccc2C)n1. The van der Waals surface area contributed by atoms with Gasteiger partial charge in [0.1, 0.15) is 11.6 Å². The molecule has 0 radical (unpaired) electrons. The molecule has 3 rings (SSSR count). The minimum Gasteiger partial charge on any atom is -0.424 e. The van der Waals surface area contributed by atoms with E-state index >= 15 is 0 Å². The fourth-order valence-electron chi connectivity index (χ4n) is 3.14. The minimum atomic E-state index is -3.70. The molecule has 0 saturated heterocycles. The summed E-state index contributed by atoms with van der Waals surface area (Å²) in [6.07, 6.45) is 1.63. The average molecular weight is 459 g/mol. The van der Waals surface area contributed by atoms with Gasteiger partial charge in [-0.15, -0.1) is 0 Å². The number of aryl methyl sites for hydroxylation is 4. The lowest BCUT2D eigenvalue weighted by Gasteiger charge is -2.14. The van der Waals surface area contributed by atoms with Crippen LogP contribution in [-0.4, -0.2) is 42.4 Å². The third-order valence-corrected chi connectivity index (χ3v) is 6.01. The van der Waals surface area contributed by atoms with Crippen molar-refractivity contribution in [3.8, 4) is 23.0 Å². The van der Waals surface area contributed by atoms with Gasteiger partial charge >= 0.3 is 6.01 Å². The molecule has 3 aromatic rings. The average Bonchev–Trinajstić information content (AvgIpc) is 2.72. The van der Waals surface area contributed by atoms with Gasteiger partial charge < -0.3 is 14.0 Å². The van der Waals surface area contributed by atoms with Crippen LogP contribution in [-0.2, 0) is 21.8 Å². The Morgan fingerprint density at radius 3 is 2.38 bits per heavy atom. The molecule has 10 heteroatoms. The van der Waals surface area contributed by atoms with Gasteiger partial charge in [0.25, 0.3) is 5.56 Å². The Labute approximate surface area is 187 Å². The van der Waals surface area contributed by atoms with Gasteiger partial charge in [0, 0.05) is 37.5 Å². The molecule has 0 amide bonds. The van der Waals surface area contributed by atoms with E-state index in [4.69, 9.17) is 9.47 Å². The molecule has 0 saturated carbocycles. The summed E-state index contributed by atoms with van der Waals surface area (Å²) in [5, 5.41) is 0. The Morgan fingerprint density at radius 2 is 1.75 bits per heavy atom. The second kappa shape index (κ2) is 9.49. The lowest BCUT2D eigenvalue weighted by atomic mass is 10.1. The van der Waals surface area contributed by atoms with Crippen LogP contribution in [0, 0.1) is 20.8 Å². The van der Waals surface area contributed by atoms with E-state index in [-0.39, 0.29) is 29.7 Å². The van der Waals surface area contributed by atoms with Gasteiger partial charge in [-0.25, -0.2) is 8.42 Å². The first-order valence-corrected chi connectivity index (χ1v) is 11.5. The molecule has 9 nitrogen and oxygen atoms in total. The van der Waals surface area contributed by atoms with Crippen LogP contribution in [0.15, 0.2) is 41.3 Å². The number of methoxy groups -OCH3 is 1. The third-order valence-electron chi connectivity index (χ3n) is 4.78. The molecule has 0 bridgehead atoms. The molecule has 0 aliphatic rings. The number of nitrogens with zero attached hydrogens (tertiary/aromatic N) is 3. The molecule has 1 aromatic carbocycles. The number of benzene rings is 1. The topological polar surface area (TPSA) is 112 Å². The van der Waals surface area contributed by atoms with Crippen LogP contribution in [0.4, 0.5) is 5.82 Å². The van der Waals surface area contributed by atoms with Gasteiger partial charge in [-0.2, -0.15) is 9.97 Å². The number of ether oxygens (including phenoxy) is 2. The van der Waals surface area contributed by atoms with Gasteiger partial charge in [-0.05, 0) is 38.0 Å². The van der Waals surface area contributed by atoms with Crippen LogP contribution in [0.1, 0.15) is 16.7 Å². The number of para-hydroxylation sites is 1. The van der Waals surface area contributed by atoms with Crippen molar-refractivity contribution < 1.29 is 17.9 Å². The largest absolute Gasteiger partial charge is 0.424 e. The number of sulfonamides is 1. The molecule has 170 valence electrons. The van der Waals surface area contributed by atoms with Crippen LogP contribution in [0.25, 0.3) is 11.3 Å². The zero-order valence-corrected chi connectivity index (χ0v) is 19.5. The summed E-state index contributed by atoms with van der Waals surface area (Å²) >= 11 is 0. The van der Waals surface area contributed by atoms with Crippen LogP contribution >= 0.6 is 0 Å². The summed E-state index contributed by atoms with van der Waals surface area (Å²) in [5.41, 5.74) is 3.21. The summed E-state index contributed by atoms with van der Waals surface area (Å²) < 4.78 is 39.5. The predicted molar refractivity (Wildman–Crippen MR) is 123 cm³/mol. The molecule has 2 heterocycles. The van der Waals surface area contributed by atoms with E-state index in [1.165, 1.54) is 17.7 Å². The van der Waals surface area contributed by atoms with E-state index in [1.54, 1.807) is 26.2 Å². The Hall–Kier alpha value is -3.24. The zero-order valence-electron chi connectivity index (χ0n) is 18.7. The first kappa shape index (κ1) is 23.4. The van der Waals surface area contributed by atoms with Crippen molar-refractivity contribution >= 4 is 15.8 Å². The van der Waals surface area contributed by atoms with E-state index in [2.05, 4.69) is 14.7 Å². The molecule has 1 N–H and O–H groups in total. The van der Waals surface area contributed by atoms with Crippen LogP contribution in [0.2, 0.25) is 0 Å². The summed E-state index contributed by atoms with van der Waals surface area (Å²) in [4.78, 5) is 20.8. The lowest BCUT2D eigenvalue weighted by Crippen LogP contribution is -2.21. The number of anilines is 1. The second-order valence-corrected chi connectivity index (χ2v) is 9.33. The van der Waals surface area contributed by atoms with E-state index < -0.39 is 10.0 Å². The fraction of sp³-hybridized carbons (Fsp3) is 0.318. The van der Waals surface area contributed by atoms with Gasteiger partial charge in [0.2, 0.25) is 10.0 Å². The number of hydrogen-bond acceptors (Lipinski definition) is 7. The molecule has 0 atom stereocenters. The first-order valence-electron chi connectivity index (χ1n) is 9.90. The molecule has 0 aliphatic heterocycles. The zero-order chi connectivity index (χ0) is 23.5. The molecule has 0 unspecified atom stereocenters. The van der Waals surface area contributed by atoms with Crippen molar-refractivity contribution in [2.75, 3.05) is 24.2 Å². The Morgan fingerprint density at radius 1 is 1.06 bits per heavy atom. The number of hydrogen-bond donors (Lipinski definition) is 1. The quantitative estimate of drug-likeness (QED) is 0.552. The van der Waals surface area contributed by atoms with E-state index in [1.807, 2.05) is 32.0 Å². The number of rotatable bonds is 8. The molecular formula is C22H26N4O5S. The van der Waals surface area contributed by atoms with Crippen molar-refractivity contribution in [3.63, 3.8) is 0 Å². The Kier molecular flexibility index (Phi) is 6.95. The van der Waals surface area contributed by atoms with Crippen LogP contribution in [0.5, 0.6) is 11.8 Å². The maximum Gasteiger partial charge on any atom is 0.324 e. The second-order valence-electron chi connectivity index (χ2n) is 7.49. The van der Waals surface area contributed by atoms with Gasteiger partial charge in [-0.3, -0.25) is 9.52 Å². The highest BCUT2D eigenvalue weighted by atomic mass is 32.2. The first-order chi connectivity index (χ1) is 15.1. The Bertz CT molecular complexity index is 1260. The summed E-state index contributed by atoms with van der Waals surface area (Å²) in [7, 11) is -0.632. The predicted octanol–water partition coefficient (Wildman–Crippen LogP) is 2.95. The van der Waals surface area contributed by atoms with Gasteiger partial charge in [-0.1, -0.05) is 18.2 Å². The molecule has 0 fully saturated rings. The van der Waals surface area contributed by atoms with E-state index in [0.717, 1.165) is 11.1 Å². The highest BCUT2D eigenvalue weighted by molar-refractivity contribution is 7.92. The highest BCUT2D eigenvalue weighted by Gasteiger charge is 2.17. The molecule has 2 aromatic heterocycles. The summed E-state index contributed by atoms with van der Waals surface area (Å²) in [6.45, 7) is 5.54. The molecule has 32 heavy (non-hydrogen) atoms. The maximum atomic E-state index is 12.4. The molecular weight excluding hydrogens is 432 g/mol. The van der Waals surface area contributed by atoms with E-state index in [9.17, 15) is 13.2 Å². The molecule has 0 spiro atoms. The smallest absolute Gasteiger partial charge is 0.324 e. The van der Waals surface area contributed by atoms with E-state index in [0.29, 0.717) is 22.6 Å². The third kappa shape index (κ3) is 5.51. The standard InChI is InChI=1S/C22H26N4O5S/c1-14-7-6-8-15(2)20(14)31-22-23-18(17-11-16(3)21(27)26(4)13-17)12-19(24-22)25-32(28,29)10-9-30-5/h6-8,11-13H,9-10H2,1-5H3,(H,23,24,25). The summed E-state index contributed by atoms with van der Waals surface area (Å²) in [5.74, 6) is 0.419. The van der Waals surface area contributed by atoms with Crippen molar-refractivity contribution in [1.82, 2.24) is 14.5 Å². The molecule has 0 aliphatic carbocycles. The lowest BCUT2D eigenvalue weighted by molar-refractivity contribution is 0.217. The maximum absolute atomic E-state index is 12.4. The van der Waals surface area contributed by atoms with Crippen molar-refractivity contribution in [1.29, 1.82) is 0 Å². The monoisotopic (exact) mass is 458 g/mol. The summed E-state index contributed by atoms with van der Waals surface area (Å²) in [6, 6.07) is 8.89. The number of nitrogens with one attached hydrogen (secondary N) is 1. The van der Waals surface area contributed by atoms with Crippen LogP contribution in [0.3, 0.4) is 0 Å².